The topological polar surface area (TPSA) is 118 Å². The average Bonchev–Trinajstić information content (AvgIpc) is 2.83. The van der Waals surface area contributed by atoms with Crippen molar-refractivity contribution in [1.82, 2.24) is 10.3 Å². The molecule has 1 aromatic rings. The molecule has 0 atom stereocenters. The highest BCUT2D eigenvalue weighted by Gasteiger charge is 2.12. The van der Waals surface area contributed by atoms with Crippen molar-refractivity contribution in [3.63, 3.8) is 0 Å². The number of thiazole rings is 1. The second-order valence-corrected chi connectivity index (χ2v) is 4.63. The Morgan fingerprint density at radius 2 is 2.20 bits per heavy atom. The molecule has 0 aliphatic heterocycles. The van der Waals surface area contributed by atoms with Crippen LogP contribution >= 0.6 is 11.3 Å². The molecule has 0 unspecified atom stereocenters. The minimum absolute atomic E-state index is 0.00430. The van der Waals surface area contributed by atoms with E-state index in [0.717, 1.165) is 11.3 Å². The number of nitrogens with one attached hydrogen (secondary N) is 2. The number of aliphatic carboxylic acids is 1. The third-order valence-corrected chi connectivity index (χ3v) is 2.87. The first-order chi connectivity index (χ1) is 9.52. The molecule has 0 aliphatic carbocycles. The van der Waals surface area contributed by atoms with E-state index >= 15 is 0 Å². The monoisotopic (exact) mass is 301 g/mol. The van der Waals surface area contributed by atoms with Crippen molar-refractivity contribution in [2.24, 2.45) is 0 Å². The van der Waals surface area contributed by atoms with Crippen LogP contribution in [0.15, 0.2) is 5.38 Å². The summed E-state index contributed by atoms with van der Waals surface area (Å²) in [6, 6.07) is 0. The SMILES string of the molecule is COCC(=O)Nc1nc(C(=O)NCCCC(=O)O)cs1. The molecule has 1 aromatic heterocycles. The lowest BCUT2D eigenvalue weighted by molar-refractivity contribution is -0.137. The molecule has 20 heavy (non-hydrogen) atoms. The van der Waals surface area contributed by atoms with Crippen molar-refractivity contribution in [3.8, 4) is 0 Å². The van der Waals surface area contributed by atoms with Gasteiger partial charge in [-0.05, 0) is 6.42 Å². The molecule has 9 heteroatoms. The van der Waals surface area contributed by atoms with Crippen LogP contribution in [-0.2, 0) is 14.3 Å². The number of amides is 2. The smallest absolute Gasteiger partial charge is 0.303 e. The molecule has 0 radical (unpaired) electrons. The quantitative estimate of drug-likeness (QED) is 0.595. The standard InChI is InChI=1S/C11H15N3O5S/c1-19-5-8(15)14-11-13-7(6-20-11)10(18)12-4-2-3-9(16)17/h6H,2-5H2,1H3,(H,12,18)(H,16,17)(H,13,14,15). The van der Waals surface area contributed by atoms with Gasteiger partial charge >= 0.3 is 5.97 Å². The Labute approximate surface area is 119 Å². The molecule has 0 aliphatic rings. The van der Waals surface area contributed by atoms with Crippen LogP contribution in [0.3, 0.4) is 0 Å². The summed E-state index contributed by atoms with van der Waals surface area (Å²) in [6.07, 6.45) is 0.346. The lowest BCUT2D eigenvalue weighted by atomic mass is 10.3. The summed E-state index contributed by atoms with van der Waals surface area (Å²) < 4.78 is 4.65. The summed E-state index contributed by atoms with van der Waals surface area (Å²) in [6.45, 7) is 0.171. The second kappa shape index (κ2) is 8.23. The van der Waals surface area contributed by atoms with E-state index in [4.69, 9.17) is 5.11 Å². The molecule has 1 heterocycles. The van der Waals surface area contributed by atoms with Crippen molar-refractivity contribution < 1.29 is 24.2 Å². The molecule has 0 spiro atoms. The summed E-state index contributed by atoms with van der Waals surface area (Å²) in [5, 5.41) is 15.3. The fraction of sp³-hybridized carbons (Fsp3) is 0.455. The Bertz CT molecular complexity index is 488. The van der Waals surface area contributed by atoms with Gasteiger partial charge in [-0.25, -0.2) is 4.98 Å². The number of methoxy groups -OCH3 is 1. The summed E-state index contributed by atoms with van der Waals surface area (Å²) in [4.78, 5) is 37.2. The number of rotatable bonds is 8. The Kier molecular flexibility index (Phi) is 6.60. The van der Waals surface area contributed by atoms with Gasteiger partial charge in [-0.2, -0.15) is 0 Å². The van der Waals surface area contributed by atoms with E-state index in [0.29, 0.717) is 11.6 Å². The Balaban J connectivity index is 2.40. The predicted molar refractivity (Wildman–Crippen MR) is 71.8 cm³/mol. The Morgan fingerprint density at radius 1 is 1.45 bits per heavy atom. The lowest BCUT2D eigenvalue weighted by Gasteiger charge is -2.01. The number of aromatic nitrogens is 1. The molecule has 0 saturated heterocycles. The molecule has 8 nitrogen and oxygen atoms in total. The van der Waals surface area contributed by atoms with E-state index in [1.54, 1.807) is 0 Å². The Morgan fingerprint density at radius 3 is 2.85 bits per heavy atom. The van der Waals surface area contributed by atoms with Crippen molar-refractivity contribution in [2.45, 2.75) is 12.8 Å². The number of anilines is 1. The van der Waals surface area contributed by atoms with Gasteiger partial charge in [0.25, 0.3) is 11.8 Å². The second-order valence-electron chi connectivity index (χ2n) is 3.77. The maximum atomic E-state index is 11.7. The number of carboxylic acid groups (broad SMARTS) is 1. The van der Waals surface area contributed by atoms with Crippen LogP contribution in [0.25, 0.3) is 0 Å². The van der Waals surface area contributed by atoms with Crippen LogP contribution in [0, 0.1) is 0 Å². The number of carboxylic acids is 1. The van der Waals surface area contributed by atoms with Crippen LogP contribution in [0.5, 0.6) is 0 Å². The minimum Gasteiger partial charge on any atom is -0.481 e. The van der Waals surface area contributed by atoms with Gasteiger partial charge in [0.2, 0.25) is 0 Å². The van der Waals surface area contributed by atoms with Crippen molar-refractivity contribution in [3.05, 3.63) is 11.1 Å². The molecular formula is C11H15N3O5S. The van der Waals surface area contributed by atoms with Crippen molar-refractivity contribution in [1.29, 1.82) is 0 Å². The van der Waals surface area contributed by atoms with Crippen LogP contribution in [0.1, 0.15) is 23.3 Å². The number of ether oxygens (including phenoxy) is 1. The van der Waals surface area contributed by atoms with Gasteiger partial charge in [-0.3, -0.25) is 19.7 Å². The van der Waals surface area contributed by atoms with E-state index in [2.05, 4.69) is 20.4 Å². The lowest BCUT2D eigenvalue weighted by Crippen LogP contribution is -2.25. The van der Waals surface area contributed by atoms with Crippen LogP contribution in [0.4, 0.5) is 5.13 Å². The molecule has 3 N–H and O–H groups in total. The number of nitrogens with zero attached hydrogens (tertiary/aromatic N) is 1. The molecule has 1 rings (SSSR count). The van der Waals surface area contributed by atoms with Gasteiger partial charge in [0.1, 0.15) is 12.3 Å². The predicted octanol–water partition coefficient (Wildman–Crippen LogP) is 0.323. The highest BCUT2D eigenvalue weighted by Crippen LogP contribution is 2.15. The number of carbonyl (C=O) groups excluding carboxylic acids is 2. The minimum atomic E-state index is -0.906. The number of carbonyl (C=O) groups is 3. The van der Waals surface area contributed by atoms with Crippen molar-refractivity contribution in [2.75, 3.05) is 25.6 Å². The normalized spacial score (nSPS) is 10.1. The van der Waals surface area contributed by atoms with Gasteiger partial charge in [-0.1, -0.05) is 0 Å². The zero-order valence-electron chi connectivity index (χ0n) is 10.8. The third-order valence-electron chi connectivity index (χ3n) is 2.11. The number of hydrogen-bond donors (Lipinski definition) is 3. The maximum absolute atomic E-state index is 11.7. The van der Waals surface area contributed by atoms with Crippen LogP contribution in [0.2, 0.25) is 0 Å². The fourth-order valence-corrected chi connectivity index (χ4v) is 1.96. The van der Waals surface area contributed by atoms with Crippen LogP contribution < -0.4 is 10.6 Å². The van der Waals surface area contributed by atoms with E-state index in [1.165, 1.54) is 12.5 Å². The maximum Gasteiger partial charge on any atom is 0.303 e. The highest BCUT2D eigenvalue weighted by atomic mass is 32.1. The van der Waals surface area contributed by atoms with Crippen molar-refractivity contribution >= 4 is 34.3 Å². The summed E-state index contributed by atoms with van der Waals surface area (Å²) in [5.74, 6) is -1.66. The summed E-state index contributed by atoms with van der Waals surface area (Å²) >= 11 is 1.12. The number of hydrogen-bond acceptors (Lipinski definition) is 6. The highest BCUT2D eigenvalue weighted by molar-refractivity contribution is 7.14. The van der Waals surface area contributed by atoms with E-state index in [-0.39, 0.29) is 31.2 Å². The zero-order valence-corrected chi connectivity index (χ0v) is 11.7. The first-order valence-corrected chi connectivity index (χ1v) is 6.65. The van der Waals surface area contributed by atoms with Gasteiger partial charge < -0.3 is 15.2 Å². The first-order valence-electron chi connectivity index (χ1n) is 5.77. The van der Waals surface area contributed by atoms with E-state index in [9.17, 15) is 14.4 Å². The molecule has 0 fully saturated rings. The third kappa shape index (κ3) is 5.76. The van der Waals surface area contributed by atoms with Gasteiger partial charge in [-0.15, -0.1) is 11.3 Å². The van der Waals surface area contributed by atoms with Gasteiger partial charge in [0.15, 0.2) is 5.13 Å². The molecule has 110 valence electrons. The van der Waals surface area contributed by atoms with Gasteiger partial charge in [0, 0.05) is 25.5 Å². The summed E-state index contributed by atoms with van der Waals surface area (Å²) in [5.41, 5.74) is 0.179. The first kappa shape index (κ1) is 16.1. The summed E-state index contributed by atoms with van der Waals surface area (Å²) in [7, 11) is 1.40. The van der Waals surface area contributed by atoms with Crippen LogP contribution in [-0.4, -0.2) is 48.1 Å². The average molecular weight is 301 g/mol. The van der Waals surface area contributed by atoms with E-state index < -0.39 is 11.9 Å². The molecule has 0 saturated carbocycles. The molecule has 0 bridgehead atoms. The van der Waals surface area contributed by atoms with E-state index in [1.807, 2.05) is 0 Å². The molecular weight excluding hydrogens is 286 g/mol. The molecule has 2 amide bonds. The van der Waals surface area contributed by atoms with Gasteiger partial charge in [0.05, 0.1) is 0 Å². The largest absolute Gasteiger partial charge is 0.481 e. The Hall–Kier alpha value is -2.00. The zero-order chi connectivity index (χ0) is 15.0. The fourth-order valence-electron chi connectivity index (χ4n) is 1.25. The molecule has 0 aromatic carbocycles.